The Bertz CT molecular complexity index is 700. The van der Waals surface area contributed by atoms with Crippen molar-refractivity contribution in [2.24, 2.45) is 5.92 Å². The van der Waals surface area contributed by atoms with Crippen LogP contribution in [0.25, 0.3) is 10.9 Å². The van der Waals surface area contributed by atoms with E-state index in [0.717, 1.165) is 5.39 Å². The third-order valence-electron chi connectivity index (χ3n) is 3.12. The number of amides is 1. The number of hydrogen-bond acceptors (Lipinski definition) is 3. The van der Waals surface area contributed by atoms with Crippen molar-refractivity contribution in [3.8, 4) is 0 Å². The van der Waals surface area contributed by atoms with Crippen LogP contribution in [0.15, 0.2) is 30.3 Å². The Kier molecular flexibility index (Phi) is 4.43. The summed E-state index contributed by atoms with van der Waals surface area (Å²) in [7, 11) is 0. The zero-order chi connectivity index (χ0) is 15.6. The van der Waals surface area contributed by atoms with Crippen LogP contribution in [0, 0.1) is 5.92 Å². The fraction of sp³-hybridized carbons (Fsp3) is 0.267. The van der Waals surface area contributed by atoms with Crippen molar-refractivity contribution in [2.75, 3.05) is 0 Å². The third-order valence-corrected chi connectivity index (χ3v) is 3.43. The molecule has 1 atom stereocenters. The molecule has 0 bridgehead atoms. The topological polar surface area (TPSA) is 79.3 Å². The van der Waals surface area contributed by atoms with Gasteiger partial charge in [-0.3, -0.25) is 4.79 Å². The highest BCUT2D eigenvalue weighted by atomic mass is 35.5. The Hall–Kier alpha value is -2.14. The summed E-state index contributed by atoms with van der Waals surface area (Å²) in [6.07, 6.45) is 0. The number of carboxylic acid groups (broad SMARTS) is 1. The Morgan fingerprint density at radius 3 is 2.57 bits per heavy atom. The van der Waals surface area contributed by atoms with E-state index in [1.54, 1.807) is 32.0 Å². The number of aromatic nitrogens is 1. The monoisotopic (exact) mass is 306 g/mol. The first kappa shape index (κ1) is 15.3. The average Bonchev–Trinajstić information content (AvgIpc) is 2.43. The van der Waals surface area contributed by atoms with Gasteiger partial charge >= 0.3 is 5.97 Å². The fourth-order valence-corrected chi connectivity index (χ4v) is 2.24. The molecule has 2 N–H and O–H groups in total. The van der Waals surface area contributed by atoms with E-state index in [1.807, 2.05) is 6.07 Å². The van der Waals surface area contributed by atoms with Gasteiger partial charge in [-0.1, -0.05) is 43.6 Å². The largest absolute Gasteiger partial charge is 0.480 e. The minimum absolute atomic E-state index is 0.102. The molecular weight excluding hydrogens is 292 g/mol. The van der Waals surface area contributed by atoms with Crippen molar-refractivity contribution in [1.82, 2.24) is 10.3 Å². The second kappa shape index (κ2) is 6.10. The van der Waals surface area contributed by atoms with E-state index >= 15 is 0 Å². The molecule has 21 heavy (non-hydrogen) atoms. The molecule has 1 aromatic heterocycles. The zero-order valence-electron chi connectivity index (χ0n) is 11.6. The Labute approximate surface area is 126 Å². The van der Waals surface area contributed by atoms with E-state index in [9.17, 15) is 9.59 Å². The first-order valence-electron chi connectivity index (χ1n) is 6.49. The van der Waals surface area contributed by atoms with Crippen molar-refractivity contribution >= 4 is 34.4 Å². The van der Waals surface area contributed by atoms with Gasteiger partial charge in [-0.15, -0.1) is 0 Å². The maximum Gasteiger partial charge on any atom is 0.326 e. The van der Waals surface area contributed by atoms with Crippen molar-refractivity contribution in [1.29, 1.82) is 0 Å². The first-order chi connectivity index (χ1) is 9.90. The molecule has 110 valence electrons. The molecule has 5 nitrogen and oxygen atoms in total. The van der Waals surface area contributed by atoms with Crippen LogP contribution in [0.1, 0.15) is 24.3 Å². The summed E-state index contributed by atoms with van der Waals surface area (Å²) < 4.78 is 0. The highest BCUT2D eigenvalue weighted by Gasteiger charge is 2.24. The van der Waals surface area contributed by atoms with Gasteiger partial charge in [0, 0.05) is 5.39 Å². The van der Waals surface area contributed by atoms with E-state index in [4.69, 9.17) is 16.7 Å². The first-order valence-corrected chi connectivity index (χ1v) is 6.87. The van der Waals surface area contributed by atoms with Gasteiger partial charge < -0.3 is 10.4 Å². The number of rotatable bonds is 4. The lowest BCUT2D eigenvalue weighted by Gasteiger charge is -2.17. The van der Waals surface area contributed by atoms with Crippen molar-refractivity contribution in [3.05, 3.63) is 41.0 Å². The number of benzene rings is 1. The maximum absolute atomic E-state index is 12.2. The van der Waals surface area contributed by atoms with Crippen LogP contribution in [0.4, 0.5) is 0 Å². The minimum atomic E-state index is -1.08. The van der Waals surface area contributed by atoms with E-state index in [0.29, 0.717) is 10.5 Å². The molecule has 6 heteroatoms. The van der Waals surface area contributed by atoms with Gasteiger partial charge in [-0.05, 0) is 18.1 Å². The lowest BCUT2D eigenvalue weighted by Crippen LogP contribution is -2.44. The standard InChI is InChI=1S/C15H15ClN2O3/c1-8(2)13(15(20)21)18-14(19)12-7-10(16)9-5-3-4-6-11(9)17-12/h3-8,13H,1-2H3,(H,18,19)(H,20,21)/t13-/m1/s1. The van der Waals surface area contributed by atoms with Gasteiger partial charge in [-0.2, -0.15) is 0 Å². The number of fused-ring (bicyclic) bond motifs is 1. The lowest BCUT2D eigenvalue weighted by atomic mass is 10.0. The van der Waals surface area contributed by atoms with Crippen LogP contribution in [-0.4, -0.2) is 28.0 Å². The van der Waals surface area contributed by atoms with Crippen LogP contribution in [0.3, 0.4) is 0 Å². The second-order valence-electron chi connectivity index (χ2n) is 5.04. The number of halogens is 1. The molecule has 2 rings (SSSR count). The molecule has 0 aliphatic carbocycles. The van der Waals surface area contributed by atoms with E-state index < -0.39 is 17.9 Å². The van der Waals surface area contributed by atoms with Crippen LogP contribution >= 0.6 is 11.6 Å². The quantitative estimate of drug-likeness (QED) is 0.910. The van der Waals surface area contributed by atoms with E-state index in [2.05, 4.69) is 10.3 Å². The van der Waals surface area contributed by atoms with Crippen LogP contribution in [0.2, 0.25) is 5.02 Å². The SMILES string of the molecule is CC(C)[C@@H](NC(=O)c1cc(Cl)c2ccccc2n1)C(=O)O. The number of nitrogens with zero attached hydrogens (tertiary/aromatic N) is 1. The summed E-state index contributed by atoms with van der Waals surface area (Å²) in [4.78, 5) is 27.5. The number of pyridine rings is 1. The van der Waals surface area contributed by atoms with Gasteiger partial charge in [0.25, 0.3) is 5.91 Å². The number of carbonyl (C=O) groups is 2. The van der Waals surface area contributed by atoms with Crippen LogP contribution in [-0.2, 0) is 4.79 Å². The van der Waals surface area contributed by atoms with E-state index in [-0.39, 0.29) is 11.6 Å². The zero-order valence-corrected chi connectivity index (χ0v) is 12.4. The molecule has 2 aromatic rings. The predicted molar refractivity (Wildman–Crippen MR) is 80.5 cm³/mol. The lowest BCUT2D eigenvalue weighted by molar-refractivity contribution is -0.140. The number of para-hydroxylation sites is 1. The highest BCUT2D eigenvalue weighted by molar-refractivity contribution is 6.35. The van der Waals surface area contributed by atoms with Gasteiger partial charge in [0.1, 0.15) is 11.7 Å². The number of aliphatic carboxylic acids is 1. The molecule has 0 radical (unpaired) electrons. The van der Waals surface area contributed by atoms with Crippen molar-refractivity contribution < 1.29 is 14.7 Å². The molecule has 0 unspecified atom stereocenters. The third kappa shape index (κ3) is 3.31. The molecule has 0 saturated carbocycles. The second-order valence-corrected chi connectivity index (χ2v) is 5.45. The molecule has 1 heterocycles. The van der Waals surface area contributed by atoms with E-state index in [1.165, 1.54) is 6.07 Å². The molecule has 0 aliphatic rings. The summed E-state index contributed by atoms with van der Waals surface area (Å²) >= 11 is 6.13. The Balaban J connectivity index is 2.33. The van der Waals surface area contributed by atoms with Gasteiger partial charge in [-0.25, -0.2) is 9.78 Å². The summed E-state index contributed by atoms with van der Waals surface area (Å²) in [6.45, 7) is 3.44. The smallest absolute Gasteiger partial charge is 0.326 e. The van der Waals surface area contributed by atoms with Crippen molar-refractivity contribution in [3.63, 3.8) is 0 Å². The fourth-order valence-electron chi connectivity index (χ4n) is 1.98. The Morgan fingerprint density at radius 2 is 1.95 bits per heavy atom. The molecule has 1 aromatic carbocycles. The number of hydrogen-bond donors (Lipinski definition) is 2. The van der Waals surface area contributed by atoms with Gasteiger partial charge in [0.05, 0.1) is 10.5 Å². The normalized spacial score (nSPS) is 12.4. The number of carbonyl (C=O) groups excluding carboxylic acids is 1. The predicted octanol–water partition coefficient (Wildman–Crippen LogP) is 2.73. The summed E-state index contributed by atoms with van der Waals surface area (Å²) in [5, 5.41) is 12.7. The molecule has 0 spiro atoms. The minimum Gasteiger partial charge on any atom is -0.480 e. The Morgan fingerprint density at radius 1 is 1.29 bits per heavy atom. The van der Waals surface area contributed by atoms with Crippen molar-refractivity contribution in [2.45, 2.75) is 19.9 Å². The number of carboxylic acids is 1. The van der Waals surface area contributed by atoms with Crippen LogP contribution in [0.5, 0.6) is 0 Å². The van der Waals surface area contributed by atoms with Gasteiger partial charge in [0.15, 0.2) is 0 Å². The number of nitrogens with one attached hydrogen (secondary N) is 1. The molecule has 1 amide bonds. The highest BCUT2D eigenvalue weighted by Crippen LogP contribution is 2.22. The maximum atomic E-state index is 12.2. The summed E-state index contributed by atoms with van der Waals surface area (Å²) in [5.74, 6) is -1.86. The molecule has 0 fully saturated rings. The van der Waals surface area contributed by atoms with Gasteiger partial charge in [0.2, 0.25) is 0 Å². The molecular formula is C15H15ClN2O3. The summed E-state index contributed by atoms with van der Waals surface area (Å²) in [5.41, 5.74) is 0.692. The van der Waals surface area contributed by atoms with Crippen LogP contribution < -0.4 is 5.32 Å². The molecule has 0 aliphatic heterocycles. The molecule has 0 saturated heterocycles. The average molecular weight is 307 g/mol. The summed E-state index contributed by atoms with van der Waals surface area (Å²) in [6, 6.07) is 7.65.